The summed E-state index contributed by atoms with van der Waals surface area (Å²) in [5.74, 6) is 0. The Morgan fingerprint density at radius 2 is 1.62 bits per heavy atom. The molecule has 0 unspecified atom stereocenters. The number of hydrogen-bond acceptors (Lipinski definition) is 4. The molecule has 0 saturated heterocycles. The highest BCUT2D eigenvalue weighted by Gasteiger charge is 1.98. The summed E-state index contributed by atoms with van der Waals surface area (Å²) in [6.07, 6.45) is 0. The van der Waals surface area contributed by atoms with E-state index in [-0.39, 0.29) is 16.2 Å². The zero-order valence-electron chi connectivity index (χ0n) is 8.73. The van der Waals surface area contributed by atoms with Crippen molar-refractivity contribution in [1.82, 2.24) is 0 Å². The quantitative estimate of drug-likeness (QED) is 0.741. The lowest BCUT2D eigenvalue weighted by atomic mass is 10.2. The van der Waals surface area contributed by atoms with Crippen molar-refractivity contribution in [2.45, 2.75) is 6.92 Å². The first kappa shape index (κ1) is 10.3. The van der Waals surface area contributed by atoms with Crippen molar-refractivity contribution in [1.29, 1.82) is 0 Å². The van der Waals surface area contributed by atoms with Crippen molar-refractivity contribution in [2.24, 2.45) is 5.10 Å². The van der Waals surface area contributed by atoms with Crippen LogP contribution >= 0.6 is 0 Å². The second kappa shape index (κ2) is 4.10. The average molecular weight is 214 g/mol. The van der Waals surface area contributed by atoms with E-state index in [4.69, 9.17) is 0 Å². The lowest BCUT2D eigenvalue weighted by molar-refractivity contribution is 1.18. The SMILES string of the molecule is Cc1ccccc1NN=c1c(=O)ccc1=O. The van der Waals surface area contributed by atoms with E-state index < -0.39 is 0 Å². The van der Waals surface area contributed by atoms with Crippen LogP contribution in [0.3, 0.4) is 0 Å². The molecule has 2 aromatic carbocycles. The fraction of sp³-hybridized carbons (Fsp3) is 0.0833. The molecule has 0 saturated carbocycles. The maximum atomic E-state index is 11.2. The zero-order valence-corrected chi connectivity index (χ0v) is 8.73. The van der Waals surface area contributed by atoms with Gasteiger partial charge in [-0.1, -0.05) is 18.2 Å². The lowest BCUT2D eigenvalue weighted by Crippen LogP contribution is -2.32. The van der Waals surface area contributed by atoms with Gasteiger partial charge in [-0.05, 0) is 30.7 Å². The number of nitrogens with one attached hydrogen (secondary N) is 1. The molecule has 0 atom stereocenters. The van der Waals surface area contributed by atoms with Gasteiger partial charge in [-0.2, -0.15) is 5.10 Å². The maximum Gasteiger partial charge on any atom is 0.210 e. The van der Waals surface area contributed by atoms with Crippen LogP contribution in [0.25, 0.3) is 0 Å². The lowest BCUT2D eigenvalue weighted by Gasteiger charge is -2.02. The van der Waals surface area contributed by atoms with Crippen molar-refractivity contribution >= 4 is 5.69 Å². The van der Waals surface area contributed by atoms with Crippen molar-refractivity contribution in [2.75, 3.05) is 5.43 Å². The van der Waals surface area contributed by atoms with Gasteiger partial charge in [0.15, 0.2) is 5.36 Å². The van der Waals surface area contributed by atoms with Crippen molar-refractivity contribution in [3.63, 3.8) is 0 Å². The third-order valence-corrected chi connectivity index (χ3v) is 2.29. The van der Waals surface area contributed by atoms with Gasteiger partial charge in [-0.15, -0.1) is 0 Å². The Hall–Kier alpha value is -2.23. The third kappa shape index (κ3) is 1.91. The number of benzene rings is 1. The molecule has 2 aromatic rings. The van der Waals surface area contributed by atoms with E-state index in [0.29, 0.717) is 0 Å². The molecule has 0 radical (unpaired) electrons. The number of para-hydroxylation sites is 1. The van der Waals surface area contributed by atoms with Crippen LogP contribution in [-0.2, 0) is 0 Å². The molecule has 0 heterocycles. The molecular formula is C12H10N2O2. The molecule has 0 bridgehead atoms. The summed E-state index contributed by atoms with van der Waals surface area (Å²) in [5.41, 5.74) is 3.79. The first-order chi connectivity index (χ1) is 7.68. The van der Waals surface area contributed by atoms with Gasteiger partial charge in [0.1, 0.15) is 0 Å². The van der Waals surface area contributed by atoms with Gasteiger partial charge in [0, 0.05) is 0 Å². The van der Waals surface area contributed by atoms with Gasteiger partial charge in [0.25, 0.3) is 0 Å². The van der Waals surface area contributed by atoms with E-state index >= 15 is 0 Å². The fourth-order valence-electron chi connectivity index (χ4n) is 1.36. The Labute approximate surface area is 91.6 Å². The number of aryl methyl sites for hydroxylation is 1. The molecule has 80 valence electrons. The zero-order chi connectivity index (χ0) is 11.5. The van der Waals surface area contributed by atoms with Crippen LogP contribution < -0.4 is 21.6 Å². The summed E-state index contributed by atoms with van der Waals surface area (Å²) in [7, 11) is 0. The summed E-state index contributed by atoms with van der Waals surface area (Å²) < 4.78 is 0. The molecule has 0 aliphatic heterocycles. The number of hydrogen-bond donors (Lipinski definition) is 1. The van der Waals surface area contributed by atoms with Crippen LogP contribution in [0.2, 0.25) is 0 Å². The van der Waals surface area contributed by atoms with E-state index in [1.54, 1.807) is 0 Å². The predicted molar refractivity (Wildman–Crippen MR) is 61.7 cm³/mol. The molecule has 0 aliphatic carbocycles. The topological polar surface area (TPSA) is 58.5 Å². The first-order valence-electron chi connectivity index (χ1n) is 4.84. The number of rotatable bonds is 2. The van der Waals surface area contributed by atoms with Gasteiger partial charge in [-0.3, -0.25) is 15.0 Å². The second-order valence-electron chi connectivity index (χ2n) is 3.45. The van der Waals surface area contributed by atoms with Crippen molar-refractivity contribution < 1.29 is 0 Å². The summed E-state index contributed by atoms with van der Waals surface area (Å²) >= 11 is 0. The van der Waals surface area contributed by atoms with E-state index in [0.717, 1.165) is 11.3 Å². The van der Waals surface area contributed by atoms with Crippen molar-refractivity contribution in [3.05, 3.63) is 67.8 Å². The molecule has 16 heavy (non-hydrogen) atoms. The van der Waals surface area contributed by atoms with Crippen LogP contribution in [0, 0.1) is 6.92 Å². The molecule has 4 nitrogen and oxygen atoms in total. The largest absolute Gasteiger partial charge is 0.287 e. The molecule has 4 heteroatoms. The van der Waals surface area contributed by atoms with Gasteiger partial charge in [-0.25, -0.2) is 0 Å². The van der Waals surface area contributed by atoms with E-state index in [2.05, 4.69) is 10.5 Å². The summed E-state index contributed by atoms with van der Waals surface area (Å²) in [5, 5.41) is 3.75. The third-order valence-electron chi connectivity index (χ3n) is 2.29. The van der Waals surface area contributed by atoms with Gasteiger partial charge < -0.3 is 0 Å². The van der Waals surface area contributed by atoms with Gasteiger partial charge >= 0.3 is 0 Å². The van der Waals surface area contributed by atoms with E-state index in [9.17, 15) is 9.59 Å². The molecular weight excluding hydrogens is 204 g/mol. The van der Waals surface area contributed by atoms with Crippen LogP contribution in [0.1, 0.15) is 5.56 Å². The highest BCUT2D eigenvalue weighted by molar-refractivity contribution is 5.49. The minimum absolute atomic E-state index is 0.0664. The first-order valence-corrected chi connectivity index (χ1v) is 4.84. The molecule has 0 amide bonds. The van der Waals surface area contributed by atoms with Crippen LogP contribution in [0.4, 0.5) is 5.69 Å². The number of anilines is 1. The maximum absolute atomic E-state index is 11.2. The fourth-order valence-corrected chi connectivity index (χ4v) is 1.36. The summed E-state index contributed by atoms with van der Waals surface area (Å²) in [6, 6.07) is 9.95. The smallest absolute Gasteiger partial charge is 0.210 e. The normalized spacial score (nSPS) is 10.1. The Morgan fingerprint density at radius 1 is 1.00 bits per heavy atom. The van der Waals surface area contributed by atoms with Gasteiger partial charge in [0.05, 0.1) is 5.69 Å². The van der Waals surface area contributed by atoms with Crippen molar-refractivity contribution in [3.8, 4) is 0 Å². The Bertz CT molecular complexity index is 622. The Morgan fingerprint density at radius 3 is 2.25 bits per heavy atom. The summed E-state index contributed by atoms with van der Waals surface area (Å²) in [6.45, 7) is 1.92. The van der Waals surface area contributed by atoms with E-state index in [1.807, 2.05) is 31.2 Å². The molecule has 2 rings (SSSR count). The highest BCUT2D eigenvalue weighted by atomic mass is 16.1. The van der Waals surface area contributed by atoms with Crippen LogP contribution in [0.15, 0.2) is 51.1 Å². The minimum Gasteiger partial charge on any atom is -0.287 e. The standard InChI is InChI=1S/C12H10N2O2/c1-8-4-2-3-5-9(8)13-14-12-10(15)6-7-11(12)16/h2-7,13H,1H3. The molecule has 0 aliphatic rings. The Kier molecular flexibility index (Phi) is 2.64. The molecule has 1 N–H and O–H groups in total. The van der Waals surface area contributed by atoms with Crippen LogP contribution in [-0.4, -0.2) is 0 Å². The molecule has 0 aromatic heterocycles. The predicted octanol–water partition coefficient (Wildman–Crippen LogP) is 0.519. The number of nitrogens with zero attached hydrogens (tertiary/aromatic N) is 1. The second-order valence-corrected chi connectivity index (χ2v) is 3.45. The van der Waals surface area contributed by atoms with E-state index in [1.165, 1.54) is 12.1 Å². The molecule has 0 fully saturated rings. The monoisotopic (exact) mass is 214 g/mol. The highest BCUT2D eigenvalue weighted by Crippen LogP contribution is 2.12. The summed E-state index contributed by atoms with van der Waals surface area (Å²) in [4.78, 5) is 22.4. The molecule has 0 spiro atoms. The average Bonchev–Trinajstić information content (AvgIpc) is 2.58. The van der Waals surface area contributed by atoms with Crippen LogP contribution in [0.5, 0.6) is 0 Å². The van der Waals surface area contributed by atoms with Gasteiger partial charge in [0.2, 0.25) is 10.9 Å². The Balaban J connectivity index is 2.39. The minimum atomic E-state index is -0.355.